The van der Waals surface area contributed by atoms with Crippen LogP contribution in [-0.2, 0) is 11.3 Å². The van der Waals surface area contributed by atoms with Gasteiger partial charge in [-0.1, -0.05) is 26.0 Å². The zero-order valence-corrected chi connectivity index (χ0v) is 16.3. The van der Waals surface area contributed by atoms with E-state index in [1.54, 1.807) is 24.3 Å². The van der Waals surface area contributed by atoms with Gasteiger partial charge in [0.05, 0.1) is 13.2 Å². The van der Waals surface area contributed by atoms with Crippen LogP contribution < -0.4 is 20.1 Å². The number of fused-ring (bicyclic) bond motifs is 1. The van der Waals surface area contributed by atoms with Crippen LogP contribution in [0.2, 0.25) is 0 Å². The van der Waals surface area contributed by atoms with E-state index in [2.05, 4.69) is 10.6 Å². The molecule has 2 amide bonds. The van der Waals surface area contributed by atoms with Crippen molar-refractivity contribution in [2.24, 2.45) is 5.92 Å². The van der Waals surface area contributed by atoms with Crippen molar-refractivity contribution < 1.29 is 19.1 Å². The van der Waals surface area contributed by atoms with E-state index >= 15 is 0 Å². The van der Waals surface area contributed by atoms with Crippen LogP contribution in [-0.4, -0.2) is 25.0 Å². The Balaban J connectivity index is 1.61. The minimum absolute atomic E-state index is 0.0488. The standard InChI is InChI=1S/C22H26N2O4/c1-3-15(2)21(25)24-18-7-4-6-17(13-18)22(26)23-14-16-8-9-19-20(12-16)28-11-5-10-27-19/h4,6-9,12-13,15H,3,5,10-11,14H2,1-2H3,(H,23,26)(H,24,25). The molecular formula is C22H26N2O4. The van der Waals surface area contributed by atoms with Gasteiger partial charge in [0.1, 0.15) is 0 Å². The molecule has 1 heterocycles. The van der Waals surface area contributed by atoms with Crippen molar-refractivity contribution in [2.75, 3.05) is 18.5 Å². The van der Waals surface area contributed by atoms with Crippen LogP contribution >= 0.6 is 0 Å². The second-order valence-corrected chi connectivity index (χ2v) is 6.89. The number of hydrogen-bond acceptors (Lipinski definition) is 4. The summed E-state index contributed by atoms with van der Waals surface area (Å²) in [6, 6.07) is 12.6. The second kappa shape index (κ2) is 9.26. The Morgan fingerprint density at radius 2 is 1.86 bits per heavy atom. The summed E-state index contributed by atoms with van der Waals surface area (Å²) in [5, 5.41) is 5.76. The third-order valence-corrected chi connectivity index (χ3v) is 4.72. The van der Waals surface area contributed by atoms with Crippen molar-refractivity contribution in [1.29, 1.82) is 0 Å². The minimum Gasteiger partial charge on any atom is -0.490 e. The Kier molecular flexibility index (Phi) is 6.53. The summed E-state index contributed by atoms with van der Waals surface area (Å²) < 4.78 is 11.3. The summed E-state index contributed by atoms with van der Waals surface area (Å²) >= 11 is 0. The highest BCUT2D eigenvalue weighted by Crippen LogP contribution is 2.30. The molecule has 148 valence electrons. The van der Waals surface area contributed by atoms with Gasteiger partial charge in [-0.25, -0.2) is 0 Å². The van der Waals surface area contributed by atoms with Crippen molar-refractivity contribution in [2.45, 2.75) is 33.2 Å². The largest absolute Gasteiger partial charge is 0.490 e. The lowest BCUT2D eigenvalue weighted by Crippen LogP contribution is -2.23. The van der Waals surface area contributed by atoms with Gasteiger partial charge >= 0.3 is 0 Å². The first-order valence-electron chi connectivity index (χ1n) is 9.64. The fraction of sp³-hybridized carbons (Fsp3) is 0.364. The van der Waals surface area contributed by atoms with Crippen LogP contribution in [0.3, 0.4) is 0 Å². The molecule has 2 aromatic carbocycles. The molecule has 28 heavy (non-hydrogen) atoms. The molecule has 1 aliphatic rings. The highest BCUT2D eigenvalue weighted by Gasteiger charge is 2.13. The molecule has 0 aromatic heterocycles. The number of carbonyl (C=O) groups is 2. The fourth-order valence-electron chi connectivity index (χ4n) is 2.79. The van der Waals surface area contributed by atoms with Gasteiger partial charge in [-0.3, -0.25) is 9.59 Å². The number of carbonyl (C=O) groups excluding carboxylic acids is 2. The zero-order chi connectivity index (χ0) is 19.9. The van der Waals surface area contributed by atoms with Gasteiger partial charge in [-0.15, -0.1) is 0 Å². The molecular weight excluding hydrogens is 356 g/mol. The number of benzene rings is 2. The van der Waals surface area contributed by atoms with Crippen molar-refractivity contribution in [1.82, 2.24) is 5.32 Å². The molecule has 1 atom stereocenters. The van der Waals surface area contributed by atoms with Gasteiger partial charge in [-0.2, -0.15) is 0 Å². The molecule has 2 aromatic rings. The number of hydrogen-bond donors (Lipinski definition) is 2. The SMILES string of the molecule is CCC(C)C(=O)Nc1cccc(C(=O)NCc2ccc3c(c2)OCCCO3)c1. The van der Waals surface area contributed by atoms with Gasteiger partial charge in [0.15, 0.2) is 11.5 Å². The van der Waals surface area contributed by atoms with E-state index in [0.29, 0.717) is 36.8 Å². The molecule has 2 N–H and O–H groups in total. The molecule has 0 bridgehead atoms. The number of nitrogens with one attached hydrogen (secondary N) is 2. The van der Waals surface area contributed by atoms with Crippen LogP contribution in [0.15, 0.2) is 42.5 Å². The highest BCUT2D eigenvalue weighted by atomic mass is 16.5. The van der Waals surface area contributed by atoms with Crippen molar-refractivity contribution in [3.05, 3.63) is 53.6 Å². The Morgan fingerprint density at radius 1 is 1.07 bits per heavy atom. The Hall–Kier alpha value is -3.02. The number of ether oxygens (including phenoxy) is 2. The molecule has 0 saturated heterocycles. The Labute approximate surface area is 165 Å². The maximum absolute atomic E-state index is 12.5. The predicted octanol–water partition coefficient (Wildman–Crippen LogP) is 3.76. The average Bonchev–Trinajstić information content (AvgIpc) is 2.96. The monoisotopic (exact) mass is 382 g/mol. The number of anilines is 1. The molecule has 3 rings (SSSR count). The van der Waals surface area contributed by atoms with Crippen LogP contribution in [0.25, 0.3) is 0 Å². The highest BCUT2D eigenvalue weighted by molar-refractivity contribution is 5.97. The summed E-state index contributed by atoms with van der Waals surface area (Å²) in [7, 11) is 0. The molecule has 6 nitrogen and oxygen atoms in total. The van der Waals surface area contributed by atoms with Crippen LogP contribution in [0.4, 0.5) is 5.69 Å². The smallest absolute Gasteiger partial charge is 0.251 e. The first-order valence-corrected chi connectivity index (χ1v) is 9.64. The van der Waals surface area contributed by atoms with E-state index in [9.17, 15) is 9.59 Å². The molecule has 0 aliphatic carbocycles. The first-order chi connectivity index (χ1) is 13.6. The minimum atomic E-state index is -0.202. The van der Waals surface area contributed by atoms with Gasteiger partial charge < -0.3 is 20.1 Å². The fourth-order valence-corrected chi connectivity index (χ4v) is 2.79. The topological polar surface area (TPSA) is 76.7 Å². The normalized spacial score (nSPS) is 13.9. The Bertz CT molecular complexity index is 850. The molecule has 0 radical (unpaired) electrons. The quantitative estimate of drug-likeness (QED) is 0.797. The number of amides is 2. The van der Waals surface area contributed by atoms with Gasteiger partial charge in [0, 0.05) is 30.1 Å². The van der Waals surface area contributed by atoms with E-state index in [4.69, 9.17) is 9.47 Å². The van der Waals surface area contributed by atoms with Gasteiger partial charge in [-0.05, 0) is 42.3 Å². The lowest BCUT2D eigenvalue weighted by Gasteiger charge is -2.12. The molecule has 0 saturated carbocycles. The average molecular weight is 382 g/mol. The predicted molar refractivity (Wildman–Crippen MR) is 108 cm³/mol. The maximum atomic E-state index is 12.5. The van der Waals surface area contributed by atoms with Crippen molar-refractivity contribution in [3.63, 3.8) is 0 Å². The third-order valence-electron chi connectivity index (χ3n) is 4.72. The lowest BCUT2D eigenvalue weighted by molar-refractivity contribution is -0.119. The molecule has 6 heteroatoms. The zero-order valence-electron chi connectivity index (χ0n) is 16.3. The molecule has 0 spiro atoms. The number of rotatable bonds is 6. The summed E-state index contributed by atoms with van der Waals surface area (Å²) in [5.74, 6) is 1.12. The van der Waals surface area contributed by atoms with E-state index < -0.39 is 0 Å². The molecule has 1 unspecified atom stereocenters. The van der Waals surface area contributed by atoms with Crippen molar-refractivity contribution in [3.8, 4) is 11.5 Å². The maximum Gasteiger partial charge on any atom is 0.251 e. The van der Waals surface area contributed by atoms with E-state index in [1.807, 2.05) is 32.0 Å². The van der Waals surface area contributed by atoms with Crippen molar-refractivity contribution >= 4 is 17.5 Å². The van der Waals surface area contributed by atoms with Gasteiger partial charge in [0.2, 0.25) is 5.91 Å². The van der Waals surface area contributed by atoms with Crippen LogP contribution in [0.1, 0.15) is 42.6 Å². The van der Waals surface area contributed by atoms with E-state index in [1.165, 1.54) is 0 Å². The summed E-state index contributed by atoms with van der Waals surface area (Å²) in [5.41, 5.74) is 2.05. The summed E-state index contributed by atoms with van der Waals surface area (Å²) in [6.45, 7) is 5.48. The second-order valence-electron chi connectivity index (χ2n) is 6.89. The van der Waals surface area contributed by atoms with Gasteiger partial charge in [0.25, 0.3) is 5.91 Å². The lowest BCUT2D eigenvalue weighted by atomic mass is 10.1. The van der Waals surface area contributed by atoms with Crippen LogP contribution in [0, 0.1) is 5.92 Å². The molecule has 0 fully saturated rings. The van der Waals surface area contributed by atoms with E-state index in [0.717, 1.165) is 24.2 Å². The Morgan fingerprint density at radius 3 is 2.64 bits per heavy atom. The third kappa shape index (κ3) is 5.03. The molecule has 1 aliphatic heterocycles. The van der Waals surface area contributed by atoms with Crippen LogP contribution in [0.5, 0.6) is 11.5 Å². The summed E-state index contributed by atoms with van der Waals surface area (Å²) in [6.07, 6.45) is 1.62. The first kappa shape index (κ1) is 19.7. The summed E-state index contributed by atoms with van der Waals surface area (Å²) in [4.78, 5) is 24.6. The van der Waals surface area contributed by atoms with E-state index in [-0.39, 0.29) is 17.7 Å².